The molecular formula is C13H12N4O4. The lowest BCUT2D eigenvalue weighted by Crippen LogP contribution is -2.23. The van der Waals surface area contributed by atoms with Gasteiger partial charge in [0.15, 0.2) is 0 Å². The molecule has 21 heavy (non-hydrogen) atoms. The van der Waals surface area contributed by atoms with Crippen LogP contribution >= 0.6 is 0 Å². The molecule has 0 unspecified atom stereocenters. The van der Waals surface area contributed by atoms with Crippen LogP contribution < -0.4 is 0 Å². The molecule has 2 aromatic rings. The first-order chi connectivity index (χ1) is 10.1. The quantitative estimate of drug-likeness (QED) is 0.829. The Bertz CT molecular complexity index is 684. The van der Waals surface area contributed by atoms with Gasteiger partial charge in [0, 0.05) is 11.8 Å². The number of rotatable bonds is 2. The summed E-state index contributed by atoms with van der Waals surface area (Å²) in [6.45, 7) is 0.615. The zero-order valence-electron chi connectivity index (χ0n) is 11.2. The van der Waals surface area contributed by atoms with Gasteiger partial charge in [-0.25, -0.2) is 19.3 Å². The van der Waals surface area contributed by atoms with Crippen molar-refractivity contribution in [3.8, 4) is 5.69 Å². The van der Waals surface area contributed by atoms with Crippen LogP contribution in [0.25, 0.3) is 5.69 Å². The Kier molecular flexibility index (Phi) is 3.05. The van der Waals surface area contributed by atoms with Crippen molar-refractivity contribution in [3.63, 3.8) is 0 Å². The summed E-state index contributed by atoms with van der Waals surface area (Å²) in [4.78, 5) is 27.5. The number of hydrogen-bond donors (Lipinski definition) is 1. The molecule has 0 saturated carbocycles. The molecule has 0 fully saturated rings. The highest BCUT2D eigenvalue weighted by molar-refractivity contribution is 5.87. The van der Waals surface area contributed by atoms with Crippen LogP contribution in [-0.2, 0) is 17.8 Å². The maximum atomic E-state index is 11.3. The fraction of sp³-hybridized carbons (Fsp3) is 0.231. The molecule has 3 heterocycles. The zero-order chi connectivity index (χ0) is 15.0. The number of hydrogen-bond acceptors (Lipinski definition) is 5. The maximum absolute atomic E-state index is 11.3. The second kappa shape index (κ2) is 4.89. The number of carboxylic acid groups (broad SMARTS) is 1. The van der Waals surface area contributed by atoms with E-state index in [0.717, 1.165) is 11.3 Å². The number of esters is 1. The summed E-state index contributed by atoms with van der Waals surface area (Å²) in [6.07, 6.45) is 2.33. The van der Waals surface area contributed by atoms with Crippen molar-refractivity contribution >= 4 is 12.1 Å². The van der Waals surface area contributed by atoms with Crippen LogP contribution in [0.2, 0.25) is 0 Å². The number of fused-ring (bicyclic) bond motifs is 1. The van der Waals surface area contributed by atoms with E-state index < -0.39 is 12.1 Å². The van der Waals surface area contributed by atoms with Gasteiger partial charge in [0.25, 0.3) is 0 Å². The largest absolute Gasteiger partial charge is 0.465 e. The first-order valence-corrected chi connectivity index (χ1v) is 6.18. The second-order valence-electron chi connectivity index (χ2n) is 4.58. The third-order valence-corrected chi connectivity index (χ3v) is 3.26. The van der Waals surface area contributed by atoms with E-state index in [2.05, 4.69) is 14.8 Å². The summed E-state index contributed by atoms with van der Waals surface area (Å²) in [7, 11) is 1.30. The standard InChI is InChI=1S/C13H12N4O4/c1-21-12(18)10-3-2-9(4-14-10)17-6-8-5-16(13(19)20)7-11(8)15-17/h2-4,6H,5,7H2,1H3,(H,19,20). The van der Waals surface area contributed by atoms with E-state index in [-0.39, 0.29) is 12.2 Å². The van der Waals surface area contributed by atoms with Crippen molar-refractivity contribution in [1.29, 1.82) is 0 Å². The first-order valence-electron chi connectivity index (χ1n) is 6.18. The number of nitrogens with zero attached hydrogens (tertiary/aromatic N) is 4. The van der Waals surface area contributed by atoms with Crippen LogP contribution in [0.5, 0.6) is 0 Å². The summed E-state index contributed by atoms with van der Waals surface area (Å²) in [5.41, 5.74) is 2.51. The Labute approximate surface area is 119 Å². The van der Waals surface area contributed by atoms with Crippen LogP contribution in [0.4, 0.5) is 4.79 Å². The lowest BCUT2D eigenvalue weighted by Gasteiger charge is -2.10. The van der Waals surface area contributed by atoms with Crippen molar-refractivity contribution in [1.82, 2.24) is 19.7 Å². The second-order valence-corrected chi connectivity index (χ2v) is 4.58. The van der Waals surface area contributed by atoms with E-state index in [4.69, 9.17) is 5.11 Å². The smallest absolute Gasteiger partial charge is 0.407 e. The number of carbonyl (C=O) groups is 2. The average molecular weight is 288 g/mol. The van der Waals surface area contributed by atoms with Gasteiger partial charge in [-0.2, -0.15) is 5.10 Å². The normalized spacial score (nSPS) is 13.1. The summed E-state index contributed by atoms with van der Waals surface area (Å²) in [5.74, 6) is -0.499. The minimum Gasteiger partial charge on any atom is -0.465 e. The molecule has 8 nitrogen and oxygen atoms in total. The molecule has 2 aromatic heterocycles. The van der Waals surface area contributed by atoms with E-state index in [1.54, 1.807) is 23.0 Å². The summed E-state index contributed by atoms with van der Waals surface area (Å²) < 4.78 is 6.20. The number of aromatic nitrogens is 3. The fourth-order valence-corrected chi connectivity index (χ4v) is 2.17. The predicted molar refractivity (Wildman–Crippen MR) is 70.0 cm³/mol. The molecule has 108 valence electrons. The highest BCUT2D eigenvalue weighted by atomic mass is 16.5. The predicted octanol–water partition coefficient (Wildman–Crippen LogP) is 1.05. The molecule has 0 bridgehead atoms. The van der Waals surface area contributed by atoms with Crippen LogP contribution in [0, 0.1) is 0 Å². The summed E-state index contributed by atoms with van der Waals surface area (Å²) in [5, 5.41) is 13.3. The highest BCUT2D eigenvalue weighted by Gasteiger charge is 2.26. The van der Waals surface area contributed by atoms with Gasteiger partial charge in [-0.05, 0) is 12.1 Å². The lowest BCUT2D eigenvalue weighted by atomic mass is 10.3. The number of ether oxygens (including phenoxy) is 1. The molecule has 1 amide bonds. The van der Waals surface area contributed by atoms with Crippen LogP contribution in [-0.4, -0.2) is 43.9 Å². The summed E-state index contributed by atoms with van der Waals surface area (Å²) in [6, 6.07) is 3.26. The SMILES string of the molecule is COC(=O)c1ccc(-n2cc3c(n2)CN(C(=O)O)C3)cn1. The number of methoxy groups -OCH3 is 1. The van der Waals surface area contributed by atoms with E-state index in [1.165, 1.54) is 18.2 Å². The maximum Gasteiger partial charge on any atom is 0.407 e. The number of carbonyl (C=O) groups excluding carboxylic acids is 1. The van der Waals surface area contributed by atoms with Gasteiger partial charge in [-0.3, -0.25) is 4.90 Å². The van der Waals surface area contributed by atoms with Crippen LogP contribution in [0.15, 0.2) is 24.5 Å². The van der Waals surface area contributed by atoms with E-state index >= 15 is 0 Å². The molecule has 0 saturated heterocycles. The van der Waals surface area contributed by atoms with Crippen molar-refractivity contribution in [3.05, 3.63) is 41.5 Å². The Morgan fingerprint density at radius 1 is 1.33 bits per heavy atom. The Hall–Kier alpha value is -2.90. The number of amides is 1. The number of pyridine rings is 1. The Morgan fingerprint density at radius 2 is 2.14 bits per heavy atom. The molecule has 8 heteroatoms. The lowest BCUT2D eigenvalue weighted by molar-refractivity contribution is 0.0594. The fourth-order valence-electron chi connectivity index (χ4n) is 2.17. The van der Waals surface area contributed by atoms with Crippen LogP contribution in [0.1, 0.15) is 21.7 Å². The van der Waals surface area contributed by atoms with Crippen LogP contribution in [0.3, 0.4) is 0 Å². The molecule has 0 radical (unpaired) electrons. The molecule has 1 N–H and O–H groups in total. The molecular weight excluding hydrogens is 276 g/mol. The molecule has 0 aromatic carbocycles. The molecule has 1 aliphatic heterocycles. The van der Waals surface area contributed by atoms with Gasteiger partial charge < -0.3 is 9.84 Å². The minimum absolute atomic E-state index is 0.220. The minimum atomic E-state index is -0.955. The highest BCUT2D eigenvalue weighted by Crippen LogP contribution is 2.22. The Morgan fingerprint density at radius 3 is 2.71 bits per heavy atom. The van der Waals surface area contributed by atoms with Crippen molar-refractivity contribution in [2.24, 2.45) is 0 Å². The van der Waals surface area contributed by atoms with E-state index in [9.17, 15) is 9.59 Å². The van der Waals surface area contributed by atoms with Gasteiger partial charge in [0.1, 0.15) is 5.69 Å². The van der Waals surface area contributed by atoms with Gasteiger partial charge >= 0.3 is 12.1 Å². The van der Waals surface area contributed by atoms with E-state index in [0.29, 0.717) is 12.2 Å². The van der Waals surface area contributed by atoms with Crippen molar-refractivity contribution in [2.75, 3.05) is 7.11 Å². The Balaban J connectivity index is 1.82. The van der Waals surface area contributed by atoms with Gasteiger partial charge in [0.05, 0.1) is 37.8 Å². The molecule has 0 aliphatic carbocycles. The molecule has 0 spiro atoms. The first kappa shape index (κ1) is 13.1. The van der Waals surface area contributed by atoms with Gasteiger partial charge in [-0.1, -0.05) is 0 Å². The average Bonchev–Trinajstić information content (AvgIpc) is 3.05. The monoisotopic (exact) mass is 288 g/mol. The molecule has 3 rings (SSSR count). The molecule has 1 aliphatic rings. The molecule has 0 atom stereocenters. The van der Waals surface area contributed by atoms with Gasteiger partial charge in [-0.15, -0.1) is 0 Å². The summed E-state index contributed by atoms with van der Waals surface area (Å²) >= 11 is 0. The van der Waals surface area contributed by atoms with Crippen molar-refractivity contribution < 1.29 is 19.4 Å². The van der Waals surface area contributed by atoms with Crippen molar-refractivity contribution in [2.45, 2.75) is 13.1 Å². The van der Waals surface area contributed by atoms with E-state index in [1.807, 2.05) is 0 Å². The topological polar surface area (TPSA) is 97.6 Å². The van der Waals surface area contributed by atoms with Gasteiger partial charge in [0.2, 0.25) is 0 Å². The third kappa shape index (κ3) is 2.31. The third-order valence-electron chi connectivity index (χ3n) is 3.26. The zero-order valence-corrected chi connectivity index (χ0v) is 11.2.